The summed E-state index contributed by atoms with van der Waals surface area (Å²) >= 11 is 0. The number of rotatable bonds is 2. The fourth-order valence-electron chi connectivity index (χ4n) is 2.43. The maximum Gasteiger partial charge on any atom is 0.256 e. The van der Waals surface area contributed by atoms with Crippen LogP contribution in [0, 0.1) is 12.7 Å². The van der Waals surface area contributed by atoms with E-state index in [0.29, 0.717) is 22.6 Å². The Morgan fingerprint density at radius 2 is 2.00 bits per heavy atom. The van der Waals surface area contributed by atoms with Crippen LogP contribution in [-0.4, -0.2) is 13.0 Å². The zero-order valence-corrected chi connectivity index (χ0v) is 11.7. The van der Waals surface area contributed by atoms with Crippen molar-refractivity contribution in [3.63, 3.8) is 0 Å². The highest BCUT2D eigenvalue weighted by molar-refractivity contribution is 6.35. The SMILES string of the molecule is COc1ccc(C)cc1/C=C1/C(=O)Nc2ccc(F)cc21. The Kier molecular flexibility index (Phi) is 3.22. The number of carbonyl (C=O) groups excluding carboxylic acids is 1. The molecule has 1 N–H and O–H groups in total. The molecule has 106 valence electrons. The van der Waals surface area contributed by atoms with Crippen LogP contribution in [0.25, 0.3) is 11.6 Å². The molecule has 0 atom stereocenters. The molecule has 21 heavy (non-hydrogen) atoms. The normalized spacial score (nSPS) is 15.0. The van der Waals surface area contributed by atoms with Crippen molar-refractivity contribution in [3.05, 3.63) is 58.9 Å². The highest BCUT2D eigenvalue weighted by atomic mass is 19.1. The van der Waals surface area contributed by atoms with Crippen LogP contribution >= 0.6 is 0 Å². The summed E-state index contributed by atoms with van der Waals surface area (Å²) < 4.78 is 18.7. The van der Waals surface area contributed by atoms with Gasteiger partial charge in [-0.2, -0.15) is 0 Å². The van der Waals surface area contributed by atoms with Crippen molar-refractivity contribution in [3.8, 4) is 5.75 Å². The molecule has 0 saturated heterocycles. The van der Waals surface area contributed by atoms with Crippen molar-refractivity contribution in [2.24, 2.45) is 0 Å². The number of methoxy groups -OCH3 is 1. The third kappa shape index (κ3) is 2.40. The van der Waals surface area contributed by atoms with Crippen LogP contribution in [0.15, 0.2) is 36.4 Å². The Balaban J connectivity index is 2.15. The lowest BCUT2D eigenvalue weighted by molar-refractivity contribution is -0.110. The number of fused-ring (bicyclic) bond motifs is 1. The lowest BCUT2D eigenvalue weighted by Crippen LogP contribution is -2.03. The fourth-order valence-corrected chi connectivity index (χ4v) is 2.43. The minimum atomic E-state index is -0.368. The number of hydrogen-bond acceptors (Lipinski definition) is 2. The van der Waals surface area contributed by atoms with Gasteiger partial charge in [-0.1, -0.05) is 11.6 Å². The summed E-state index contributed by atoms with van der Waals surface area (Å²) in [6.07, 6.45) is 1.73. The molecule has 0 aliphatic carbocycles. The minimum absolute atomic E-state index is 0.237. The summed E-state index contributed by atoms with van der Waals surface area (Å²) in [5.74, 6) is 0.0669. The first kappa shape index (κ1) is 13.4. The molecule has 1 aliphatic heterocycles. The van der Waals surface area contributed by atoms with Crippen molar-refractivity contribution in [1.29, 1.82) is 0 Å². The lowest BCUT2D eigenvalue weighted by Gasteiger charge is -2.07. The van der Waals surface area contributed by atoms with E-state index in [1.165, 1.54) is 12.1 Å². The lowest BCUT2D eigenvalue weighted by atomic mass is 10.0. The van der Waals surface area contributed by atoms with Gasteiger partial charge < -0.3 is 10.1 Å². The van der Waals surface area contributed by atoms with Gasteiger partial charge in [0.15, 0.2) is 0 Å². The average Bonchev–Trinajstić information content (AvgIpc) is 2.75. The van der Waals surface area contributed by atoms with E-state index in [0.717, 1.165) is 11.1 Å². The summed E-state index contributed by atoms with van der Waals surface area (Å²) in [6.45, 7) is 1.96. The molecule has 3 rings (SSSR count). The molecule has 0 spiro atoms. The molecule has 1 aliphatic rings. The van der Waals surface area contributed by atoms with E-state index < -0.39 is 0 Å². The maximum atomic E-state index is 13.4. The highest BCUT2D eigenvalue weighted by Crippen LogP contribution is 2.35. The summed E-state index contributed by atoms with van der Waals surface area (Å²) in [6, 6.07) is 9.97. The van der Waals surface area contributed by atoms with Crippen LogP contribution in [0.2, 0.25) is 0 Å². The maximum absolute atomic E-state index is 13.4. The van der Waals surface area contributed by atoms with Gasteiger partial charge in [-0.05, 0) is 43.3 Å². The van der Waals surface area contributed by atoms with Crippen LogP contribution in [0.3, 0.4) is 0 Å². The second-order valence-corrected chi connectivity index (χ2v) is 4.95. The number of anilines is 1. The Labute approximate surface area is 122 Å². The van der Waals surface area contributed by atoms with E-state index in [9.17, 15) is 9.18 Å². The van der Waals surface area contributed by atoms with E-state index in [-0.39, 0.29) is 11.7 Å². The van der Waals surface area contributed by atoms with Crippen molar-refractivity contribution < 1.29 is 13.9 Å². The number of halogens is 1. The zero-order chi connectivity index (χ0) is 15.0. The number of carbonyl (C=O) groups is 1. The van der Waals surface area contributed by atoms with Crippen LogP contribution in [0.5, 0.6) is 5.75 Å². The monoisotopic (exact) mass is 283 g/mol. The largest absolute Gasteiger partial charge is 0.496 e. The number of hydrogen-bond donors (Lipinski definition) is 1. The van der Waals surface area contributed by atoms with Gasteiger partial charge in [0.2, 0.25) is 0 Å². The quantitative estimate of drug-likeness (QED) is 0.855. The number of nitrogens with one attached hydrogen (secondary N) is 1. The third-order valence-corrected chi connectivity index (χ3v) is 3.45. The highest BCUT2D eigenvalue weighted by Gasteiger charge is 2.24. The summed E-state index contributed by atoms with van der Waals surface area (Å²) in [5.41, 5.74) is 3.48. The van der Waals surface area contributed by atoms with Crippen LogP contribution < -0.4 is 10.1 Å². The van der Waals surface area contributed by atoms with Crippen molar-refractivity contribution in [2.45, 2.75) is 6.92 Å². The molecule has 0 fully saturated rings. The van der Waals surface area contributed by atoms with E-state index >= 15 is 0 Å². The van der Waals surface area contributed by atoms with Gasteiger partial charge >= 0.3 is 0 Å². The second-order valence-electron chi connectivity index (χ2n) is 4.95. The topological polar surface area (TPSA) is 38.3 Å². The molecule has 0 bridgehead atoms. The van der Waals surface area contributed by atoms with Gasteiger partial charge in [0.05, 0.1) is 7.11 Å². The first-order chi connectivity index (χ1) is 10.1. The van der Waals surface area contributed by atoms with Gasteiger partial charge in [-0.3, -0.25) is 4.79 Å². The van der Waals surface area contributed by atoms with E-state index in [1.807, 2.05) is 25.1 Å². The van der Waals surface area contributed by atoms with E-state index in [2.05, 4.69) is 5.32 Å². The standard InChI is InChI=1S/C17H14FNO2/c1-10-3-6-16(21-2)11(7-10)8-14-13-9-12(18)4-5-15(13)19-17(14)20/h3-9H,1-2H3,(H,19,20)/b14-8+. The molecule has 0 saturated carbocycles. The predicted octanol–water partition coefficient (Wildman–Crippen LogP) is 3.64. The van der Waals surface area contributed by atoms with E-state index in [4.69, 9.17) is 4.74 Å². The van der Waals surface area contributed by atoms with Gasteiger partial charge in [-0.25, -0.2) is 4.39 Å². The number of aryl methyl sites for hydroxylation is 1. The number of amides is 1. The Morgan fingerprint density at radius 1 is 1.19 bits per heavy atom. The molecule has 0 unspecified atom stereocenters. The van der Waals surface area contributed by atoms with Crippen molar-refractivity contribution in [1.82, 2.24) is 0 Å². The molecule has 1 amide bonds. The molecule has 1 heterocycles. The molecule has 0 aromatic heterocycles. The smallest absolute Gasteiger partial charge is 0.256 e. The van der Waals surface area contributed by atoms with Gasteiger partial charge in [-0.15, -0.1) is 0 Å². The molecule has 3 nitrogen and oxygen atoms in total. The van der Waals surface area contributed by atoms with Gasteiger partial charge in [0.1, 0.15) is 11.6 Å². The first-order valence-corrected chi connectivity index (χ1v) is 6.56. The summed E-state index contributed by atoms with van der Waals surface area (Å²) in [4.78, 5) is 12.1. The Bertz CT molecular complexity index is 765. The van der Waals surface area contributed by atoms with Crippen LogP contribution in [0.4, 0.5) is 10.1 Å². The average molecular weight is 283 g/mol. The Morgan fingerprint density at radius 3 is 2.76 bits per heavy atom. The molecule has 2 aromatic carbocycles. The first-order valence-electron chi connectivity index (χ1n) is 6.56. The second kappa shape index (κ2) is 5.05. The number of benzene rings is 2. The third-order valence-electron chi connectivity index (χ3n) is 3.45. The summed E-state index contributed by atoms with van der Waals surface area (Å²) in [5, 5.41) is 2.73. The molecule has 4 heteroatoms. The minimum Gasteiger partial charge on any atom is -0.496 e. The van der Waals surface area contributed by atoms with E-state index in [1.54, 1.807) is 19.3 Å². The Hall–Kier alpha value is -2.62. The summed E-state index contributed by atoms with van der Waals surface area (Å²) in [7, 11) is 1.58. The van der Waals surface area contributed by atoms with Gasteiger partial charge in [0.25, 0.3) is 5.91 Å². The molecule has 0 radical (unpaired) electrons. The van der Waals surface area contributed by atoms with Gasteiger partial charge in [0, 0.05) is 22.4 Å². The number of ether oxygens (including phenoxy) is 1. The predicted molar refractivity (Wildman–Crippen MR) is 80.6 cm³/mol. The fraction of sp³-hybridized carbons (Fsp3) is 0.118. The molecule has 2 aromatic rings. The van der Waals surface area contributed by atoms with Crippen LogP contribution in [0.1, 0.15) is 16.7 Å². The van der Waals surface area contributed by atoms with Crippen LogP contribution in [-0.2, 0) is 4.79 Å². The zero-order valence-electron chi connectivity index (χ0n) is 11.7. The molecular formula is C17H14FNO2. The van der Waals surface area contributed by atoms with Crippen molar-refractivity contribution >= 4 is 23.2 Å². The van der Waals surface area contributed by atoms with Crippen molar-refractivity contribution in [2.75, 3.05) is 12.4 Å². The molecular weight excluding hydrogens is 269 g/mol.